The molecule has 3 rings (SSSR count). The molecule has 1 saturated heterocycles. The van der Waals surface area contributed by atoms with Crippen molar-refractivity contribution in [2.45, 2.75) is 24.3 Å². The summed E-state index contributed by atoms with van der Waals surface area (Å²) in [5, 5.41) is 0. The minimum atomic E-state index is -3.64. The number of ether oxygens (including phenoxy) is 2. The van der Waals surface area contributed by atoms with Crippen LogP contribution in [0.2, 0.25) is 0 Å². The Bertz CT molecular complexity index is 1040. The summed E-state index contributed by atoms with van der Waals surface area (Å²) < 4.78 is 37.2. The van der Waals surface area contributed by atoms with E-state index in [9.17, 15) is 18.0 Å². The van der Waals surface area contributed by atoms with Crippen molar-refractivity contribution >= 4 is 21.9 Å². The van der Waals surface area contributed by atoms with Crippen LogP contribution in [0.3, 0.4) is 0 Å². The van der Waals surface area contributed by atoms with E-state index in [1.807, 2.05) is 24.3 Å². The van der Waals surface area contributed by atoms with Gasteiger partial charge in [0.15, 0.2) is 6.61 Å². The van der Waals surface area contributed by atoms with Crippen molar-refractivity contribution in [1.29, 1.82) is 0 Å². The summed E-state index contributed by atoms with van der Waals surface area (Å²) >= 11 is 0. The SMILES string of the molecule is COc1ccccc1CN(C)C(=O)COC(=O)C1CCN(S(=O)(=O)c2cccnc2)CC1. The first kappa shape index (κ1) is 23.7. The van der Waals surface area contributed by atoms with Gasteiger partial charge in [-0.3, -0.25) is 14.6 Å². The smallest absolute Gasteiger partial charge is 0.309 e. The van der Waals surface area contributed by atoms with E-state index in [2.05, 4.69) is 4.98 Å². The van der Waals surface area contributed by atoms with Gasteiger partial charge < -0.3 is 14.4 Å². The van der Waals surface area contributed by atoms with Gasteiger partial charge in [-0.2, -0.15) is 4.31 Å². The Balaban J connectivity index is 1.47. The highest BCUT2D eigenvalue weighted by Crippen LogP contribution is 2.24. The van der Waals surface area contributed by atoms with Gasteiger partial charge in [-0.1, -0.05) is 18.2 Å². The topological polar surface area (TPSA) is 106 Å². The molecule has 2 aromatic rings. The van der Waals surface area contributed by atoms with Crippen LogP contribution in [0.25, 0.3) is 0 Å². The maximum absolute atomic E-state index is 12.7. The van der Waals surface area contributed by atoms with Gasteiger partial charge in [0.05, 0.1) is 13.0 Å². The Morgan fingerprint density at radius 2 is 1.88 bits per heavy atom. The predicted octanol–water partition coefficient (Wildman–Crippen LogP) is 1.69. The first-order chi connectivity index (χ1) is 15.3. The number of nitrogens with zero attached hydrogens (tertiary/aromatic N) is 3. The molecular formula is C22H27N3O6S. The Hall–Kier alpha value is -2.98. The second-order valence-electron chi connectivity index (χ2n) is 7.54. The molecule has 0 spiro atoms. The van der Waals surface area contributed by atoms with Crippen molar-refractivity contribution in [1.82, 2.24) is 14.2 Å². The molecule has 10 heteroatoms. The van der Waals surface area contributed by atoms with Crippen molar-refractivity contribution < 1.29 is 27.5 Å². The molecule has 172 valence electrons. The zero-order valence-electron chi connectivity index (χ0n) is 18.1. The number of benzene rings is 1. The number of hydrogen-bond acceptors (Lipinski definition) is 7. The number of carbonyl (C=O) groups excluding carboxylic acids is 2. The third-order valence-corrected chi connectivity index (χ3v) is 7.31. The lowest BCUT2D eigenvalue weighted by molar-refractivity contribution is -0.156. The maximum Gasteiger partial charge on any atom is 0.309 e. The molecule has 0 radical (unpaired) electrons. The first-order valence-corrected chi connectivity index (χ1v) is 11.7. The molecule has 0 bridgehead atoms. The minimum Gasteiger partial charge on any atom is -0.496 e. The molecule has 2 heterocycles. The molecule has 1 aromatic carbocycles. The molecule has 1 aliphatic heterocycles. The minimum absolute atomic E-state index is 0.129. The van der Waals surface area contributed by atoms with Crippen LogP contribution < -0.4 is 4.74 Å². The molecular weight excluding hydrogens is 434 g/mol. The van der Waals surface area contributed by atoms with E-state index in [1.165, 1.54) is 27.7 Å². The number of amides is 1. The van der Waals surface area contributed by atoms with Crippen LogP contribution in [0.5, 0.6) is 5.75 Å². The van der Waals surface area contributed by atoms with E-state index in [-0.39, 0.29) is 30.5 Å². The summed E-state index contributed by atoms with van der Waals surface area (Å²) in [5.41, 5.74) is 0.847. The van der Waals surface area contributed by atoms with Gasteiger partial charge in [-0.15, -0.1) is 0 Å². The molecule has 0 aliphatic carbocycles. The molecule has 1 amide bonds. The summed E-state index contributed by atoms with van der Waals surface area (Å²) in [5.74, 6) is -0.580. The Morgan fingerprint density at radius 3 is 2.53 bits per heavy atom. The number of rotatable bonds is 8. The third kappa shape index (κ3) is 5.63. The number of hydrogen-bond donors (Lipinski definition) is 0. The second kappa shape index (κ2) is 10.6. The molecule has 1 aromatic heterocycles. The Kier molecular flexibility index (Phi) is 7.81. The number of sulfonamides is 1. The molecule has 0 unspecified atom stereocenters. The van der Waals surface area contributed by atoms with Crippen LogP contribution in [-0.4, -0.2) is 68.3 Å². The maximum atomic E-state index is 12.7. The summed E-state index contributed by atoms with van der Waals surface area (Å²) in [6.45, 7) is 0.376. The number of aromatic nitrogens is 1. The van der Waals surface area contributed by atoms with Gasteiger partial charge in [-0.25, -0.2) is 8.42 Å². The molecule has 32 heavy (non-hydrogen) atoms. The molecule has 0 saturated carbocycles. The monoisotopic (exact) mass is 461 g/mol. The number of likely N-dealkylation sites (N-methyl/N-ethyl adjacent to an activating group) is 1. The highest BCUT2D eigenvalue weighted by molar-refractivity contribution is 7.89. The van der Waals surface area contributed by atoms with Crippen LogP contribution in [0.1, 0.15) is 18.4 Å². The molecule has 0 atom stereocenters. The zero-order valence-corrected chi connectivity index (χ0v) is 19.0. The van der Waals surface area contributed by atoms with Gasteiger partial charge in [-0.05, 0) is 31.0 Å². The van der Waals surface area contributed by atoms with Crippen LogP contribution >= 0.6 is 0 Å². The number of methoxy groups -OCH3 is 1. The lowest BCUT2D eigenvalue weighted by Crippen LogP contribution is -2.41. The molecule has 0 N–H and O–H groups in total. The number of esters is 1. The van der Waals surface area contributed by atoms with Crippen molar-refractivity contribution in [3.05, 3.63) is 54.4 Å². The van der Waals surface area contributed by atoms with Crippen LogP contribution in [0.4, 0.5) is 0 Å². The highest BCUT2D eigenvalue weighted by atomic mass is 32.2. The standard InChI is InChI=1S/C22H27N3O6S/c1-24(15-18-6-3-4-8-20(18)30-2)21(26)16-31-22(27)17-9-12-25(13-10-17)32(28,29)19-7-5-11-23-14-19/h3-8,11,14,17H,9-10,12-13,15-16H2,1-2H3. The largest absolute Gasteiger partial charge is 0.496 e. The number of carbonyl (C=O) groups is 2. The summed E-state index contributed by atoms with van der Waals surface area (Å²) in [6, 6.07) is 10.4. The number of piperidine rings is 1. The van der Waals surface area contributed by atoms with Gasteiger partial charge in [0.1, 0.15) is 10.6 Å². The quantitative estimate of drug-likeness (QED) is 0.551. The summed E-state index contributed by atoms with van der Waals surface area (Å²) in [4.78, 5) is 30.3. The van der Waals surface area contributed by atoms with Crippen LogP contribution in [0, 0.1) is 5.92 Å². The summed E-state index contributed by atoms with van der Waals surface area (Å²) in [7, 11) is -0.441. The van der Waals surface area contributed by atoms with Crippen molar-refractivity contribution in [2.75, 3.05) is 33.9 Å². The van der Waals surface area contributed by atoms with Gasteiger partial charge in [0.25, 0.3) is 5.91 Å². The van der Waals surface area contributed by atoms with Crippen LogP contribution in [0.15, 0.2) is 53.7 Å². The van der Waals surface area contributed by atoms with Crippen molar-refractivity contribution in [3.8, 4) is 5.75 Å². The fourth-order valence-corrected chi connectivity index (χ4v) is 4.95. The van der Waals surface area contributed by atoms with E-state index in [0.29, 0.717) is 25.1 Å². The Morgan fingerprint density at radius 1 is 1.16 bits per heavy atom. The van der Waals surface area contributed by atoms with Crippen molar-refractivity contribution in [3.63, 3.8) is 0 Å². The fourth-order valence-electron chi connectivity index (χ4n) is 3.52. The summed E-state index contributed by atoms with van der Waals surface area (Å²) in [6.07, 6.45) is 3.49. The van der Waals surface area contributed by atoms with E-state index in [4.69, 9.17) is 9.47 Å². The highest BCUT2D eigenvalue weighted by Gasteiger charge is 2.33. The average Bonchev–Trinajstić information content (AvgIpc) is 2.83. The van der Waals surface area contributed by atoms with E-state index < -0.39 is 21.9 Å². The van der Waals surface area contributed by atoms with E-state index in [0.717, 1.165) is 5.56 Å². The first-order valence-electron chi connectivity index (χ1n) is 10.3. The van der Waals surface area contributed by atoms with E-state index >= 15 is 0 Å². The van der Waals surface area contributed by atoms with Gasteiger partial charge in [0.2, 0.25) is 10.0 Å². The van der Waals surface area contributed by atoms with Gasteiger partial charge >= 0.3 is 5.97 Å². The number of para-hydroxylation sites is 1. The second-order valence-corrected chi connectivity index (χ2v) is 9.47. The van der Waals surface area contributed by atoms with Gasteiger partial charge in [0, 0.05) is 44.6 Å². The van der Waals surface area contributed by atoms with Crippen molar-refractivity contribution in [2.24, 2.45) is 5.92 Å². The lowest BCUT2D eigenvalue weighted by Gasteiger charge is -2.30. The fraction of sp³-hybridized carbons (Fsp3) is 0.409. The number of pyridine rings is 1. The zero-order chi connectivity index (χ0) is 23.1. The normalized spacial score (nSPS) is 15.2. The predicted molar refractivity (Wildman–Crippen MR) is 116 cm³/mol. The average molecular weight is 462 g/mol. The Labute approximate surface area is 188 Å². The third-order valence-electron chi connectivity index (χ3n) is 5.42. The molecule has 1 aliphatic rings. The van der Waals surface area contributed by atoms with E-state index in [1.54, 1.807) is 20.2 Å². The van der Waals surface area contributed by atoms with Crippen LogP contribution in [-0.2, 0) is 30.9 Å². The lowest BCUT2D eigenvalue weighted by atomic mass is 9.98. The molecule has 1 fully saturated rings. The molecule has 9 nitrogen and oxygen atoms in total.